The van der Waals surface area contributed by atoms with Crippen LogP contribution >= 0.6 is 0 Å². The van der Waals surface area contributed by atoms with E-state index in [1.807, 2.05) is 12.1 Å². The Balaban J connectivity index is 2.03. The average molecular weight is 320 g/mol. The number of Topliss-reactive ketones (excluding diaryl/α,β-unsaturated/α-hetero) is 1. The van der Waals surface area contributed by atoms with Crippen molar-refractivity contribution in [1.82, 2.24) is 0 Å². The van der Waals surface area contributed by atoms with Crippen molar-refractivity contribution in [2.24, 2.45) is 5.73 Å². The van der Waals surface area contributed by atoms with Crippen molar-refractivity contribution in [2.45, 2.75) is 25.2 Å². The molecule has 2 N–H and O–H groups in total. The standard InChI is InChI=1S/C19H16N2O3/c1-2-10-23-13-8-6-12(7-9-13)17-14(11-20)19(21)24-16-5-3-4-15(22)18(16)17/h1,6-9,17H,3-5,10,21H2. The Morgan fingerprint density at radius 3 is 2.75 bits per heavy atom. The fourth-order valence-electron chi connectivity index (χ4n) is 3.07. The zero-order chi connectivity index (χ0) is 17.1. The Morgan fingerprint density at radius 1 is 1.33 bits per heavy atom. The SMILES string of the molecule is C#CCOc1ccc(C2C(C#N)=C(N)OC3=C2C(=O)CCC3)cc1. The molecule has 5 heteroatoms. The number of nitrogens with zero attached hydrogens (tertiary/aromatic N) is 1. The maximum absolute atomic E-state index is 12.4. The predicted octanol–water partition coefficient (Wildman–Crippen LogP) is 2.51. The molecule has 1 aliphatic heterocycles. The fourth-order valence-corrected chi connectivity index (χ4v) is 3.07. The lowest BCUT2D eigenvalue weighted by molar-refractivity contribution is -0.116. The molecular weight excluding hydrogens is 304 g/mol. The van der Waals surface area contributed by atoms with Crippen molar-refractivity contribution in [1.29, 1.82) is 5.26 Å². The number of ketones is 1. The predicted molar refractivity (Wildman–Crippen MR) is 87.3 cm³/mol. The molecule has 0 saturated heterocycles. The van der Waals surface area contributed by atoms with Crippen molar-refractivity contribution in [3.05, 3.63) is 52.6 Å². The summed E-state index contributed by atoms with van der Waals surface area (Å²) in [5.41, 5.74) is 7.52. The minimum atomic E-state index is -0.492. The van der Waals surface area contributed by atoms with E-state index in [1.165, 1.54) is 0 Å². The monoisotopic (exact) mass is 320 g/mol. The van der Waals surface area contributed by atoms with Gasteiger partial charge in [0.15, 0.2) is 5.78 Å². The molecule has 120 valence electrons. The van der Waals surface area contributed by atoms with Gasteiger partial charge in [0.1, 0.15) is 29.8 Å². The molecule has 24 heavy (non-hydrogen) atoms. The number of benzene rings is 1. The third kappa shape index (κ3) is 2.73. The Kier molecular flexibility index (Phi) is 4.26. The Labute approximate surface area is 140 Å². The number of nitrogens with two attached hydrogens (primary N) is 1. The van der Waals surface area contributed by atoms with E-state index in [1.54, 1.807) is 12.1 Å². The van der Waals surface area contributed by atoms with Crippen LogP contribution in [0.3, 0.4) is 0 Å². The highest BCUT2D eigenvalue weighted by Gasteiger charge is 2.37. The summed E-state index contributed by atoms with van der Waals surface area (Å²) in [6.07, 6.45) is 7.02. The highest BCUT2D eigenvalue weighted by Crippen LogP contribution is 2.43. The third-order valence-electron chi connectivity index (χ3n) is 4.14. The molecule has 0 fully saturated rings. The molecule has 0 spiro atoms. The van der Waals surface area contributed by atoms with Crippen LogP contribution in [-0.4, -0.2) is 12.4 Å². The summed E-state index contributed by atoms with van der Waals surface area (Å²) < 4.78 is 10.9. The van der Waals surface area contributed by atoms with Crippen molar-refractivity contribution in [3.63, 3.8) is 0 Å². The molecule has 1 unspecified atom stereocenters. The quantitative estimate of drug-likeness (QED) is 0.865. The summed E-state index contributed by atoms with van der Waals surface area (Å²) in [5.74, 6) is 3.20. The maximum Gasteiger partial charge on any atom is 0.205 e. The van der Waals surface area contributed by atoms with Gasteiger partial charge in [-0.2, -0.15) is 5.26 Å². The zero-order valence-corrected chi connectivity index (χ0v) is 13.0. The number of nitriles is 1. The number of allylic oxidation sites excluding steroid dienone is 3. The van der Waals surface area contributed by atoms with Gasteiger partial charge in [0.25, 0.3) is 0 Å². The maximum atomic E-state index is 12.4. The molecule has 0 bridgehead atoms. The summed E-state index contributed by atoms with van der Waals surface area (Å²) in [5, 5.41) is 9.49. The van der Waals surface area contributed by atoms with Gasteiger partial charge >= 0.3 is 0 Å². The van der Waals surface area contributed by atoms with Gasteiger partial charge in [-0.1, -0.05) is 18.1 Å². The molecule has 3 rings (SSSR count). The van der Waals surface area contributed by atoms with E-state index in [4.69, 9.17) is 21.6 Å². The molecular formula is C19H16N2O3. The molecule has 0 radical (unpaired) electrons. The molecule has 1 atom stereocenters. The second-order valence-electron chi connectivity index (χ2n) is 5.60. The molecule has 0 saturated carbocycles. The first kappa shape index (κ1) is 15.7. The first-order chi connectivity index (χ1) is 11.7. The van der Waals surface area contributed by atoms with Gasteiger partial charge < -0.3 is 15.2 Å². The lowest BCUT2D eigenvalue weighted by Gasteiger charge is -2.31. The van der Waals surface area contributed by atoms with Crippen molar-refractivity contribution < 1.29 is 14.3 Å². The number of hydrogen-bond donors (Lipinski definition) is 1. The topological polar surface area (TPSA) is 85.3 Å². The Bertz CT molecular complexity index is 820. The van der Waals surface area contributed by atoms with Crippen LogP contribution in [0.5, 0.6) is 5.75 Å². The highest BCUT2D eigenvalue weighted by molar-refractivity contribution is 5.99. The van der Waals surface area contributed by atoms with Crippen LogP contribution in [0.4, 0.5) is 0 Å². The van der Waals surface area contributed by atoms with Gasteiger partial charge in [-0.25, -0.2) is 0 Å². The molecule has 0 aromatic heterocycles. The normalized spacial score (nSPS) is 19.9. The fraction of sp³-hybridized carbons (Fsp3) is 0.263. The van der Waals surface area contributed by atoms with Gasteiger partial charge in [0.05, 0.1) is 5.92 Å². The largest absolute Gasteiger partial charge is 0.481 e. The Hall–Kier alpha value is -3.18. The van der Waals surface area contributed by atoms with Gasteiger partial charge in [-0.3, -0.25) is 4.79 Å². The van der Waals surface area contributed by atoms with Crippen LogP contribution in [0.2, 0.25) is 0 Å². The van der Waals surface area contributed by atoms with Crippen LogP contribution in [0.15, 0.2) is 47.1 Å². The number of carbonyl (C=O) groups excluding carboxylic acids is 1. The van der Waals surface area contributed by atoms with Crippen LogP contribution in [0.25, 0.3) is 0 Å². The van der Waals surface area contributed by atoms with Crippen LogP contribution in [0.1, 0.15) is 30.7 Å². The van der Waals surface area contributed by atoms with E-state index in [0.29, 0.717) is 29.9 Å². The zero-order valence-electron chi connectivity index (χ0n) is 13.0. The second kappa shape index (κ2) is 6.52. The molecule has 1 aromatic rings. The van der Waals surface area contributed by atoms with Gasteiger partial charge in [-0.15, -0.1) is 6.42 Å². The number of carbonyl (C=O) groups is 1. The second-order valence-corrected chi connectivity index (χ2v) is 5.60. The lowest BCUT2D eigenvalue weighted by Crippen LogP contribution is -2.27. The van der Waals surface area contributed by atoms with E-state index >= 15 is 0 Å². The molecule has 2 aliphatic rings. The third-order valence-corrected chi connectivity index (χ3v) is 4.14. The minimum absolute atomic E-state index is 0.00848. The summed E-state index contributed by atoms with van der Waals surface area (Å²) in [7, 11) is 0. The number of terminal acetylenes is 1. The van der Waals surface area contributed by atoms with E-state index < -0.39 is 5.92 Å². The number of rotatable bonds is 3. The van der Waals surface area contributed by atoms with Gasteiger partial charge in [0.2, 0.25) is 5.88 Å². The van der Waals surface area contributed by atoms with E-state index in [-0.39, 0.29) is 23.8 Å². The summed E-state index contributed by atoms with van der Waals surface area (Å²) >= 11 is 0. The van der Waals surface area contributed by atoms with Gasteiger partial charge in [0, 0.05) is 18.4 Å². The molecule has 1 aliphatic carbocycles. The van der Waals surface area contributed by atoms with Gasteiger partial charge in [-0.05, 0) is 24.1 Å². The number of hydrogen-bond acceptors (Lipinski definition) is 5. The van der Waals surface area contributed by atoms with Crippen LogP contribution in [-0.2, 0) is 9.53 Å². The van der Waals surface area contributed by atoms with E-state index in [9.17, 15) is 10.1 Å². The van der Waals surface area contributed by atoms with E-state index in [0.717, 1.165) is 12.0 Å². The molecule has 5 nitrogen and oxygen atoms in total. The van der Waals surface area contributed by atoms with Crippen LogP contribution in [0, 0.1) is 23.7 Å². The first-order valence-corrected chi connectivity index (χ1v) is 7.65. The van der Waals surface area contributed by atoms with Crippen molar-refractivity contribution >= 4 is 5.78 Å². The molecule has 0 amide bonds. The lowest BCUT2D eigenvalue weighted by atomic mass is 9.77. The summed E-state index contributed by atoms with van der Waals surface area (Å²) in [4.78, 5) is 12.4. The van der Waals surface area contributed by atoms with Crippen molar-refractivity contribution in [3.8, 4) is 24.2 Å². The minimum Gasteiger partial charge on any atom is -0.481 e. The average Bonchev–Trinajstić information content (AvgIpc) is 2.59. The van der Waals surface area contributed by atoms with E-state index in [2.05, 4.69) is 12.0 Å². The smallest absolute Gasteiger partial charge is 0.205 e. The highest BCUT2D eigenvalue weighted by atomic mass is 16.5. The summed E-state index contributed by atoms with van der Waals surface area (Å²) in [6.45, 7) is 0.181. The van der Waals surface area contributed by atoms with Crippen molar-refractivity contribution in [2.75, 3.05) is 6.61 Å². The molecule has 1 aromatic carbocycles. The van der Waals surface area contributed by atoms with Crippen LogP contribution < -0.4 is 10.5 Å². The first-order valence-electron chi connectivity index (χ1n) is 7.65. The molecule has 1 heterocycles. The number of ether oxygens (including phenoxy) is 2. The summed E-state index contributed by atoms with van der Waals surface area (Å²) in [6, 6.07) is 9.26. The Morgan fingerprint density at radius 2 is 2.08 bits per heavy atom.